The SMILES string of the molecule is CCC(C)N(CCOC)CC(O)c1ccc(C(C)C)cc1. The Morgan fingerprint density at radius 2 is 1.67 bits per heavy atom. The van der Waals surface area contributed by atoms with Gasteiger partial charge in [0.05, 0.1) is 12.7 Å². The van der Waals surface area contributed by atoms with E-state index < -0.39 is 6.10 Å². The minimum absolute atomic E-state index is 0.447. The first-order valence-electron chi connectivity index (χ1n) is 8.00. The predicted octanol–water partition coefficient (Wildman–Crippen LogP) is 3.59. The average Bonchev–Trinajstić information content (AvgIpc) is 2.50. The lowest BCUT2D eigenvalue weighted by Crippen LogP contribution is -2.38. The molecule has 21 heavy (non-hydrogen) atoms. The molecule has 0 amide bonds. The molecule has 0 bridgehead atoms. The van der Waals surface area contributed by atoms with Crippen LogP contribution in [0.1, 0.15) is 57.3 Å². The molecule has 0 spiro atoms. The zero-order valence-corrected chi connectivity index (χ0v) is 14.2. The number of benzene rings is 1. The summed E-state index contributed by atoms with van der Waals surface area (Å²) in [6, 6.07) is 8.78. The summed E-state index contributed by atoms with van der Waals surface area (Å²) in [6.45, 7) is 10.9. The van der Waals surface area contributed by atoms with Crippen molar-refractivity contribution in [1.29, 1.82) is 0 Å². The van der Waals surface area contributed by atoms with E-state index >= 15 is 0 Å². The van der Waals surface area contributed by atoms with Gasteiger partial charge in [-0.05, 0) is 30.4 Å². The number of methoxy groups -OCH3 is 1. The molecule has 0 heterocycles. The largest absolute Gasteiger partial charge is 0.387 e. The number of rotatable bonds is 9. The van der Waals surface area contributed by atoms with Crippen LogP contribution in [0, 0.1) is 0 Å². The smallest absolute Gasteiger partial charge is 0.0917 e. The van der Waals surface area contributed by atoms with Crippen molar-refractivity contribution < 1.29 is 9.84 Å². The van der Waals surface area contributed by atoms with Crippen LogP contribution in [-0.2, 0) is 4.74 Å². The Hall–Kier alpha value is -0.900. The van der Waals surface area contributed by atoms with E-state index in [1.165, 1.54) is 5.56 Å². The molecule has 1 aromatic carbocycles. The van der Waals surface area contributed by atoms with Crippen LogP contribution in [0.4, 0.5) is 0 Å². The summed E-state index contributed by atoms with van der Waals surface area (Å²) in [6.07, 6.45) is 0.625. The van der Waals surface area contributed by atoms with Crippen LogP contribution in [0.5, 0.6) is 0 Å². The van der Waals surface area contributed by atoms with Gasteiger partial charge in [-0.15, -0.1) is 0 Å². The highest BCUT2D eigenvalue weighted by Gasteiger charge is 2.17. The molecule has 1 N–H and O–H groups in total. The lowest BCUT2D eigenvalue weighted by atomic mass is 9.99. The van der Waals surface area contributed by atoms with Crippen molar-refractivity contribution in [2.45, 2.75) is 52.2 Å². The predicted molar refractivity (Wildman–Crippen MR) is 88.7 cm³/mol. The molecule has 120 valence electrons. The van der Waals surface area contributed by atoms with Gasteiger partial charge >= 0.3 is 0 Å². The number of ether oxygens (including phenoxy) is 1. The molecule has 0 aliphatic carbocycles. The third-order valence-electron chi connectivity index (χ3n) is 4.19. The maximum Gasteiger partial charge on any atom is 0.0917 e. The Morgan fingerprint density at radius 1 is 1.10 bits per heavy atom. The fourth-order valence-electron chi connectivity index (χ4n) is 2.39. The van der Waals surface area contributed by atoms with Crippen molar-refractivity contribution >= 4 is 0 Å². The summed E-state index contributed by atoms with van der Waals surface area (Å²) in [5.41, 5.74) is 2.30. The molecule has 2 atom stereocenters. The minimum Gasteiger partial charge on any atom is -0.387 e. The average molecular weight is 293 g/mol. The first-order chi connectivity index (χ1) is 9.99. The number of hydrogen-bond donors (Lipinski definition) is 1. The molecular weight excluding hydrogens is 262 g/mol. The van der Waals surface area contributed by atoms with Gasteiger partial charge in [-0.2, -0.15) is 0 Å². The summed E-state index contributed by atoms with van der Waals surface area (Å²) in [5.74, 6) is 0.523. The summed E-state index contributed by atoms with van der Waals surface area (Å²) >= 11 is 0. The molecule has 0 aromatic heterocycles. The Labute approximate surface area is 129 Å². The summed E-state index contributed by atoms with van der Waals surface area (Å²) < 4.78 is 5.17. The number of hydrogen-bond acceptors (Lipinski definition) is 3. The van der Waals surface area contributed by atoms with Crippen molar-refractivity contribution in [3.05, 3.63) is 35.4 Å². The fraction of sp³-hybridized carbons (Fsp3) is 0.667. The highest BCUT2D eigenvalue weighted by molar-refractivity contribution is 5.26. The molecule has 0 fully saturated rings. The van der Waals surface area contributed by atoms with Gasteiger partial charge in [0.25, 0.3) is 0 Å². The second-order valence-corrected chi connectivity index (χ2v) is 6.08. The molecule has 0 saturated heterocycles. The Bertz CT molecular complexity index is 389. The van der Waals surface area contributed by atoms with Gasteiger partial charge in [-0.25, -0.2) is 0 Å². The van der Waals surface area contributed by atoms with Crippen LogP contribution in [-0.4, -0.2) is 42.9 Å². The molecule has 0 aliphatic rings. The summed E-state index contributed by atoms with van der Waals surface area (Å²) in [4.78, 5) is 2.30. The van der Waals surface area contributed by atoms with Crippen molar-refractivity contribution in [2.75, 3.05) is 26.8 Å². The van der Waals surface area contributed by atoms with E-state index in [1.54, 1.807) is 7.11 Å². The number of nitrogens with zero attached hydrogens (tertiary/aromatic N) is 1. The standard InChI is InChI=1S/C18H31NO2/c1-6-15(4)19(11-12-21-5)13-18(20)17-9-7-16(8-10-17)14(2)3/h7-10,14-15,18,20H,6,11-13H2,1-5H3. The van der Waals surface area contributed by atoms with Crippen molar-refractivity contribution in [3.63, 3.8) is 0 Å². The summed E-state index contributed by atoms with van der Waals surface area (Å²) in [5, 5.41) is 10.5. The van der Waals surface area contributed by atoms with Crippen molar-refractivity contribution in [1.82, 2.24) is 4.90 Å². The molecule has 0 saturated carbocycles. The van der Waals surface area contributed by atoms with Crippen LogP contribution in [0.25, 0.3) is 0 Å². The van der Waals surface area contributed by atoms with Gasteiger partial charge in [0, 0.05) is 26.2 Å². The number of aliphatic hydroxyl groups excluding tert-OH is 1. The van der Waals surface area contributed by atoms with E-state index in [1.807, 2.05) is 12.1 Å². The second kappa shape index (κ2) is 9.19. The van der Waals surface area contributed by atoms with Crippen molar-refractivity contribution in [3.8, 4) is 0 Å². The van der Waals surface area contributed by atoms with E-state index in [2.05, 4.69) is 44.7 Å². The first kappa shape index (κ1) is 18.1. The van der Waals surface area contributed by atoms with Gasteiger partial charge in [0.15, 0.2) is 0 Å². The van der Waals surface area contributed by atoms with E-state index in [9.17, 15) is 5.11 Å². The van der Waals surface area contributed by atoms with E-state index in [-0.39, 0.29) is 0 Å². The highest BCUT2D eigenvalue weighted by Crippen LogP contribution is 2.20. The Balaban J connectivity index is 2.69. The van der Waals surface area contributed by atoms with E-state index in [0.717, 1.165) is 18.5 Å². The lowest BCUT2D eigenvalue weighted by molar-refractivity contribution is 0.0668. The monoisotopic (exact) mass is 293 g/mol. The molecule has 2 unspecified atom stereocenters. The van der Waals surface area contributed by atoms with Gasteiger partial charge in [0.2, 0.25) is 0 Å². The molecule has 3 nitrogen and oxygen atoms in total. The fourth-order valence-corrected chi connectivity index (χ4v) is 2.39. The van der Waals surface area contributed by atoms with Gasteiger partial charge in [-0.1, -0.05) is 45.0 Å². The van der Waals surface area contributed by atoms with Crippen molar-refractivity contribution in [2.24, 2.45) is 0 Å². The third kappa shape index (κ3) is 5.77. The van der Waals surface area contributed by atoms with Crippen LogP contribution in [0.2, 0.25) is 0 Å². The van der Waals surface area contributed by atoms with E-state index in [0.29, 0.717) is 25.1 Å². The van der Waals surface area contributed by atoms with E-state index in [4.69, 9.17) is 4.74 Å². The summed E-state index contributed by atoms with van der Waals surface area (Å²) in [7, 11) is 1.72. The van der Waals surface area contributed by atoms with Gasteiger partial charge in [-0.3, -0.25) is 4.90 Å². The zero-order valence-electron chi connectivity index (χ0n) is 14.2. The maximum absolute atomic E-state index is 10.5. The van der Waals surface area contributed by atoms with Crippen LogP contribution in [0.3, 0.4) is 0 Å². The number of aliphatic hydroxyl groups is 1. The van der Waals surface area contributed by atoms with Gasteiger partial charge < -0.3 is 9.84 Å². The Morgan fingerprint density at radius 3 is 2.14 bits per heavy atom. The molecule has 1 rings (SSSR count). The highest BCUT2D eigenvalue weighted by atomic mass is 16.5. The van der Waals surface area contributed by atoms with Crippen LogP contribution < -0.4 is 0 Å². The zero-order chi connectivity index (χ0) is 15.8. The molecule has 1 aromatic rings. The molecule has 0 aliphatic heterocycles. The third-order valence-corrected chi connectivity index (χ3v) is 4.19. The maximum atomic E-state index is 10.5. The van der Waals surface area contributed by atoms with Crippen LogP contribution >= 0.6 is 0 Å². The molecular formula is C18H31NO2. The topological polar surface area (TPSA) is 32.7 Å². The molecule has 3 heteroatoms. The minimum atomic E-state index is -0.447. The lowest BCUT2D eigenvalue weighted by Gasteiger charge is -2.30. The first-order valence-corrected chi connectivity index (χ1v) is 8.00. The van der Waals surface area contributed by atoms with Gasteiger partial charge in [0.1, 0.15) is 0 Å². The quantitative estimate of drug-likeness (QED) is 0.755. The second-order valence-electron chi connectivity index (χ2n) is 6.08. The Kier molecular flexibility index (Phi) is 7.94. The van der Waals surface area contributed by atoms with Crippen LogP contribution in [0.15, 0.2) is 24.3 Å². The molecule has 0 radical (unpaired) electrons. The normalized spacial score (nSPS) is 14.7.